The maximum atomic E-state index is 11.6. The average Bonchev–Trinajstić information content (AvgIpc) is 2.50. The number of carbonyl (C=O) groups is 1. The molecular formula is C14H28NO5PS2. The molecule has 0 bridgehead atoms. The smallest absolute Gasteiger partial charge is 0.407 e. The van der Waals surface area contributed by atoms with Crippen LogP contribution in [0.2, 0.25) is 0 Å². The molecule has 136 valence electrons. The lowest BCUT2D eigenvalue weighted by molar-refractivity contribution is 0.144. The molecule has 6 nitrogen and oxygen atoms in total. The molecule has 0 radical (unpaired) electrons. The minimum Gasteiger partial charge on any atom is -0.450 e. The zero-order valence-corrected chi connectivity index (χ0v) is 16.2. The predicted octanol–water partition coefficient (Wildman–Crippen LogP) is 4.76. The molecule has 0 spiro atoms. The van der Waals surface area contributed by atoms with Crippen molar-refractivity contribution in [3.05, 3.63) is 12.7 Å². The first kappa shape index (κ1) is 22.9. The zero-order chi connectivity index (χ0) is 17.4. The van der Waals surface area contributed by atoms with Crippen molar-refractivity contribution in [2.24, 2.45) is 0 Å². The Morgan fingerprint density at radius 3 is 2.78 bits per heavy atom. The summed E-state index contributed by atoms with van der Waals surface area (Å²) < 4.78 is 21.4. The molecule has 0 aromatic heterocycles. The molecular weight excluding hydrogens is 357 g/mol. The Morgan fingerprint density at radius 1 is 1.30 bits per heavy atom. The summed E-state index contributed by atoms with van der Waals surface area (Å²) in [6.45, 7) is 3.05. The van der Waals surface area contributed by atoms with Crippen LogP contribution in [-0.4, -0.2) is 35.6 Å². The van der Waals surface area contributed by atoms with E-state index in [-0.39, 0.29) is 6.09 Å². The van der Waals surface area contributed by atoms with Crippen molar-refractivity contribution in [2.75, 3.05) is 24.7 Å². The van der Waals surface area contributed by atoms with E-state index >= 15 is 0 Å². The quantitative estimate of drug-likeness (QED) is 0.182. The highest BCUT2D eigenvalue weighted by atomic mass is 32.7. The molecule has 0 aliphatic rings. The van der Waals surface area contributed by atoms with Gasteiger partial charge in [-0.1, -0.05) is 32.3 Å². The summed E-state index contributed by atoms with van der Waals surface area (Å²) in [5.41, 5.74) is 0. The number of carbonyl (C=O) groups excluding carboxylic acids is 1. The molecule has 9 heteroatoms. The van der Waals surface area contributed by atoms with E-state index in [4.69, 9.17) is 8.71 Å². The van der Waals surface area contributed by atoms with Crippen LogP contribution in [0.1, 0.15) is 45.4 Å². The molecule has 1 unspecified atom stereocenters. The first-order chi connectivity index (χ1) is 11.0. The van der Waals surface area contributed by atoms with Crippen molar-refractivity contribution in [1.82, 2.24) is 5.32 Å². The van der Waals surface area contributed by atoms with E-state index in [1.807, 2.05) is 0 Å². The summed E-state index contributed by atoms with van der Waals surface area (Å²) in [6, 6.07) is 0. The third kappa shape index (κ3) is 16.5. The maximum absolute atomic E-state index is 11.6. The second kappa shape index (κ2) is 15.4. The highest BCUT2D eigenvalue weighted by molar-refractivity contribution is 8.55. The minimum absolute atomic E-state index is 0.372. The highest BCUT2D eigenvalue weighted by Crippen LogP contribution is 2.58. The summed E-state index contributed by atoms with van der Waals surface area (Å²) in [5, 5.41) is 2.69. The Balaban J connectivity index is 3.43. The van der Waals surface area contributed by atoms with E-state index in [2.05, 4.69) is 18.8 Å². The summed E-state index contributed by atoms with van der Waals surface area (Å²) in [5.74, 6) is 1.02. The lowest BCUT2D eigenvalue weighted by Gasteiger charge is -2.09. The summed E-state index contributed by atoms with van der Waals surface area (Å²) in [4.78, 5) is 20.8. The van der Waals surface area contributed by atoms with E-state index < -0.39 is 6.80 Å². The van der Waals surface area contributed by atoms with E-state index in [1.54, 1.807) is 6.08 Å². The second-order valence-electron chi connectivity index (χ2n) is 4.78. The highest BCUT2D eigenvalue weighted by Gasteiger charge is 2.20. The number of unbranched alkanes of at least 4 members (excludes halogenated alkanes) is 4. The fraction of sp³-hybridized carbons (Fsp3) is 0.786. The summed E-state index contributed by atoms with van der Waals surface area (Å²) >= 11 is 1.86. The third-order valence-corrected chi connectivity index (χ3v) is 7.08. The number of hydrogen-bond donors (Lipinski definition) is 2. The lowest BCUT2D eigenvalue weighted by atomic mass is 10.2. The maximum Gasteiger partial charge on any atom is 0.407 e. The minimum atomic E-state index is -3.57. The molecule has 0 rings (SSSR count). The van der Waals surface area contributed by atoms with Gasteiger partial charge in [0.1, 0.15) is 0 Å². The second-order valence-corrected chi connectivity index (χ2v) is 9.71. The number of amides is 1. The Labute approximate surface area is 147 Å². The van der Waals surface area contributed by atoms with Gasteiger partial charge in [-0.3, -0.25) is 0 Å². The van der Waals surface area contributed by atoms with Gasteiger partial charge in [-0.2, -0.15) is 0 Å². The molecule has 0 fully saturated rings. The molecule has 0 aromatic carbocycles. The van der Waals surface area contributed by atoms with Gasteiger partial charge in [0.05, 0.1) is 6.61 Å². The lowest BCUT2D eigenvalue weighted by Crippen LogP contribution is -2.25. The molecule has 0 aliphatic carbocycles. The van der Waals surface area contributed by atoms with E-state index in [0.29, 0.717) is 24.7 Å². The molecule has 0 saturated heterocycles. The van der Waals surface area contributed by atoms with Crippen LogP contribution >= 0.6 is 30.2 Å². The molecule has 1 atom stereocenters. The van der Waals surface area contributed by atoms with Crippen molar-refractivity contribution >= 4 is 36.3 Å². The Kier molecular flexibility index (Phi) is 15.3. The van der Waals surface area contributed by atoms with Gasteiger partial charge in [0.2, 0.25) is 0 Å². The number of alkyl carbamates (subject to hydrolysis) is 1. The Hall–Kier alpha value is -0.140. The number of nitrogens with one attached hydrogen (secondary N) is 1. The van der Waals surface area contributed by atoms with Crippen LogP contribution in [0.3, 0.4) is 0 Å². The van der Waals surface area contributed by atoms with Crippen LogP contribution in [0.25, 0.3) is 0 Å². The molecule has 23 heavy (non-hydrogen) atoms. The molecule has 1 amide bonds. The van der Waals surface area contributed by atoms with Gasteiger partial charge in [-0.25, -0.2) is 13.3 Å². The van der Waals surface area contributed by atoms with Crippen molar-refractivity contribution in [2.45, 2.75) is 45.4 Å². The zero-order valence-electron chi connectivity index (χ0n) is 13.7. The largest absolute Gasteiger partial charge is 0.450 e. The standard InChI is InChI=1S/C14H28NO5PS2/c1-3-5-8-11-19-14(16)15-10-7-6-9-13-23-21(17,18)20-22-12-4-2/h4H,2-3,5-13H2,1H3,(H,15,16)(H,17,18). The van der Waals surface area contributed by atoms with Crippen LogP contribution in [-0.2, 0) is 13.3 Å². The third-order valence-electron chi connectivity index (χ3n) is 2.66. The first-order valence-electron chi connectivity index (χ1n) is 7.82. The SMILES string of the molecule is C=CCSOP(=O)(O)SCCCCCNC(=O)OCCCCC. The van der Waals surface area contributed by atoms with Gasteiger partial charge < -0.3 is 14.9 Å². The van der Waals surface area contributed by atoms with E-state index in [0.717, 1.165) is 61.9 Å². The van der Waals surface area contributed by atoms with Crippen LogP contribution in [0.5, 0.6) is 0 Å². The summed E-state index contributed by atoms with van der Waals surface area (Å²) in [6.07, 6.45) is 6.76. The van der Waals surface area contributed by atoms with Gasteiger partial charge >= 0.3 is 12.9 Å². The van der Waals surface area contributed by atoms with Crippen molar-refractivity contribution in [3.63, 3.8) is 0 Å². The normalized spacial score (nSPS) is 13.3. The van der Waals surface area contributed by atoms with Gasteiger partial charge in [-0.05, 0) is 30.6 Å². The Bertz CT molecular complexity index is 371. The van der Waals surface area contributed by atoms with Crippen molar-refractivity contribution in [3.8, 4) is 0 Å². The Morgan fingerprint density at radius 2 is 2.09 bits per heavy atom. The molecule has 2 N–H and O–H groups in total. The molecule has 0 heterocycles. The van der Waals surface area contributed by atoms with Gasteiger partial charge in [0.25, 0.3) is 0 Å². The molecule has 0 saturated carbocycles. The van der Waals surface area contributed by atoms with Gasteiger partial charge in [-0.15, -0.1) is 6.58 Å². The van der Waals surface area contributed by atoms with Crippen LogP contribution in [0.15, 0.2) is 12.7 Å². The number of rotatable bonds is 15. The van der Waals surface area contributed by atoms with E-state index in [1.165, 1.54) is 0 Å². The van der Waals surface area contributed by atoms with Crippen molar-refractivity contribution in [1.29, 1.82) is 0 Å². The number of hydrogen-bond acceptors (Lipinski definition) is 6. The summed E-state index contributed by atoms with van der Waals surface area (Å²) in [7, 11) is 0. The van der Waals surface area contributed by atoms with Gasteiger partial charge in [0.15, 0.2) is 0 Å². The number of ether oxygens (including phenoxy) is 1. The van der Waals surface area contributed by atoms with Crippen LogP contribution in [0.4, 0.5) is 4.79 Å². The van der Waals surface area contributed by atoms with Crippen LogP contribution in [0, 0.1) is 0 Å². The van der Waals surface area contributed by atoms with Crippen molar-refractivity contribution < 1.29 is 23.0 Å². The fourth-order valence-electron chi connectivity index (χ4n) is 1.51. The molecule has 0 aromatic rings. The monoisotopic (exact) mass is 385 g/mol. The van der Waals surface area contributed by atoms with Crippen LogP contribution < -0.4 is 5.32 Å². The fourth-order valence-corrected chi connectivity index (χ4v) is 4.97. The van der Waals surface area contributed by atoms with Gasteiger partial charge in [0, 0.05) is 30.1 Å². The molecule has 0 aliphatic heterocycles. The average molecular weight is 385 g/mol. The van der Waals surface area contributed by atoms with E-state index in [9.17, 15) is 14.3 Å². The predicted molar refractivity (Wildman–Crippen MR) is 98.8 cm³/mol. The topological polar surface area (TPSA) is 84.9 Å². The first-order valence-corrected chi connectivity index (χ1v) is 11.9.